The minimum atomic E-state index is -0.187. The van der Waals surface area contributed by atoms with Crippen LogP contribution in [0.25, 0.3) is 0 Å². The van der Waals surface area contributed by atoms with Crippen LogP contribution in [-0.2, 0) is 7.05 Å². The molecule has 5 heteroatoms. The van der Waals surface area contributed by atoms with Crippen LogP contribution < -0.4 is 5.32 Å². The van der Waals surface area contributed by atoms with Crippen molar-refractivity contribution in [2.45, 2.75) is 20.8 Å². The van der Waals surface area contributed by atoms with Crippen molar-refractivity contribution in [1.82, 2.24) is 9.78 Å². The normalized spacial score (nSPS) is 10.5. The molecular weight excluding hydrogens is 242 g/mol. The fourth-order valence-corrected chi connectivity index (χ4v) is 2.03. The molecule has 0 bridgehead atoms. The summed E-state index contributed by atoms with van der Waals surface area (Å²) in [4.78, 5) is 12.2. The van der Waals surface area contributed by atoms with Crippen molar-refractivity contribution in [3.05, 3.63) is 40.7 Å². The van der Waals surface area contributed by atoms with Crippen LogP contribution in [0.15, 0.2) is 18.2 Å². The van der Waals surface area contributed by atoms with Crippen molar-refractivity contribution in [2.24, 2.45) is 7.05 Å². The predicted octanol–water partition coefficient (Wildman–Crippen LogP) is 2.30. The summed E-state index contributed by atoms with van der Waals surface area (Å²) in [6.07, 6.45) is 0. The number of carbonyl (C=O) groups is 1. The Morgan fingerprint density at radius 2 is 2.00 bits per heavy atom. The molecule has 1 aromatic heterocycles. The molecule has 0 aliphatic heterocycles. The molecule has 5 nitrogen and oxygen atoms in total. The van der Waals surface area contributed by atoms with E-state index in [1.165, 1.54) is 0 Å². The van der Waals surface area contributed by atoms with Crippen LogP contribution in [0, 0.1) is 20.8 Å². The van der Waals surface area contributed by atoms with Crippen LogP contribution in [-0.4, -0.2) is 20.8 Å². The second-order valence-electron chi connectivity index (χ2n) is 4.62. The Balaban J connectivity index is 2.28. The highest BCUT2D eigenvalue weighted by Gasteiger charge is 2.17. The molecule has 0 fully saturated rings. The number of phenolic OH excluding ortho intramolecular Hbond substituents is 1. The van der Waals surface area contributed by atoms with E-state index in [9.17, 15) is 9.90 Å². The number of hydrogen-bond acceptors (Lipinski definition) is 3. The molecule has 1 heterocycles. The van der Waals surface area contributed by atoms with Crippen LogP contribution in [0.4, 0.5) is 5.69 Å². The summed E-state index contributed by atoms with van der Waals surface area (Å²) in [6, 6.07) is 4.96. The van der Waals surface area contributed by atoms with Crippen LogP contribution in [0.5, 0.6) is 5.75 Å². The average molecular weight is 259 g/mol. The number of amides is 1. The van der Waals surface area contributed by atoms with Gasteiger partial charge in [-0.2, -0.15) is 5.10 Å². The summed E-state index contributed by atoms with van der Waals surface area (Å²) in [5, 5.41) is 16.5. The van der Waals surface area contributed by atoms with E-state index in [1.807, 2.05) is 20.9 Å². The third-order valence-electron chi connectivity index (χ3n) is 3.19. The lowest BCUT2D eigenvalue weighted by atomic mass is 10.1. The molecule has 0 saturated carbocycles. The van der Waals surface area contributed by atoms with Crippen molar-refractivity contribution in [3.63, 3.8) is 0 Å². The number of aromatic hydroxyl groups is 1. The van der Waals surface area contributed by atoms with Crippen molar-refractivity contribution in [1.29, 1.82) is 0 Å². The van der Waals surface area contributed by atoms with Gasteiger partial charge in [0.15, 0.2) is 0 Å². The maximum absolute atomic E-state index is 12.2. The van der Waals surface area contributed by atoms with Crippen molar-refractivity contribution >= 4 is 11.6 Å². The predicted molar refractivity (Wildman–Crippen MR) is 73.5 cm³/mol. The monoisotopic (exact) mass is 259 g/mol. The number of aromatic nitrogens is 2. The Labute approximate surface area is 111 Å². The van der Waals surface area contributed by atoms with Crippen molar-refractivity contribution in [2.75, 3.05) is 5.32 Å². The highest BCUT2D eigenvalue weighted by atomic mass is 16.3. The number of aryl methyl sites for hydroxylation is 3. The van der Waals surface area contributed by atoms with Gasteiger partial charge in [0.2, 0.25) is 0 Å². The van der Waals surface area contributed by atoms with E-state index in [1.54, 1.807) is 29.8 Å². The number of anilines is 1. The second kappa shape index (κ2) is 4.76. The maximum Gasteiger partial charge on any atom is 0.259 e. The maximum atomic E-state index is 12.2. The largest absolute Gasteiger partial charge is 0.508 e. The summed E-state index contributed by atoms with van der Waals surface area (Å²) in [7, 11) is 1.81. The van der Waals surface area contributed by atoms with Gasteiger partial charge in [0.1, 0.15) is 5.75 Å². The molecule has 0 aliphatic rings. The average Bonchev–Trinajstić information content (AvgIpc) is 2.58. The first kappa shape index (κ1) is 13.1. The molecule has 2 aromatic rings. The van der Waals surface area contributed by atoms with E-state index in [2.05, 4.69) is 10.4 Å². The topological polar surface area (TPSA) is 67.2 Å². The number of hydrogen-bond donors (Lipinski definition) is 2. The van der Waals surface area contributed by atoms with E-state index in [4.69, 9.17) is 0 Å². The zero-order valence-electron chi connectivity index (χ0n) is 11.5. The Hall–Kier alpha value is -2.30. The van der Waals surface area contributed by atoms with Crippen LogP contribution in [0.1, 0.15) is 27.3 Å². The lowest BCUT2D eigenvalue weighted by Gasteiger charge is -2.07. The smallest absolute Gasteiger partial charge is 0.259 e. The fourth-order valence-electron chi connectivity index (χ4n) is 2.03. The molecule has 0 radical (unpaired) electrons. The number of nitrogens with zero attached hydrogens (tertiary/aromatic N) is 2. The summed E-state index contributed by atoms with van der Waals surface area (Å²) < 4.78 is 1.69. The highest BCUT2D eigenvalue weighted by Crippen LogP contribution is 2.21. The molecule has 2 rings (SSSR count). The Morgan fingerprint density at radius 1 is 1.32 bits per heavy atom. The molecule has 1 amide bonds. The summed E-state index contributed by atoms with van der Waals surface area (Å²) >= 11 is 0. The van der Waals surface area contributed by atoms with E-state index >= 15 is 0 Å². The second-order valence-corrected chi connectivity index (χ2v) is 4.62. The summed E-state index contributed by atoms with van der Waals surface area (Å²) in [5.74, 6) is 0.0277. The standard InChI is InChI=1S/C14H17N3O2/c1-8-7-11(5-6-12(8)18)15-14(19)13-9(2)16-17(4)10(13)3/h5-7,18H,1-4H3,(H,15,19). The van der Waals surface area contributed by atoms with Crippen LogP contribution in [0.3, 0.4) is 0 Å². The molecule has 1 aromatic carbocycles. The molecule has 0 saturated heterocycles. The van der Waals surface area contributed by atoms with Gasteiger partial charge in [-0.25, -0.2) is 0 Å². The van der Waals surface area contributed by atoms with Crippen molar-refractivity contribution in [3.8, 4) is 5.75 Å². The first-order valence-corrected chi connectivity index (χ1v) is 6.01. The summed E-state index contributed by atoms with van der Waals surface area (Å²) in [6.45, 7) is 5.45. The Morgan fingerprint density at radius 3 is 2.53 bits per heavy atom. The van der Waals surface area contributed by atoms with Gasteiger partial charge in [-0.05, 0) is 44.5 Å². The van der Waals surface area contributed by atoms with Gasteiger partial charge in [0, 0.05) is 18.4 Å². The van der Waals surface area contributed by atoms with E-state index in [-0.39, 0.29) is 11.7 Å². The quantitative estimate of drug-likeness (QED) is 0.813. The number of benzene rings is 1. The lowest BCUT2D eigenvalue weighted by molar-refractivity contribution is 0.102. The number of carbonyl (C=O) groups excluding carboxylic acids is 1. The molecule has 0 aliphatic carbocycles. The van der Waals surface area contributed by atoms with Gasteiger partial charge in [-0.15, -0.1) is 0 Å². The van der Waals surface area contributed by atoms with E-state index < -0.39 is 0 Å². The molecule has 0 spiro atoms. The summed E-state index contributed by atoms with van der Waals surface area (Å²) in [5.41, 5.74) is 3.49. The minimum absolute atomic E-state index is 0.187. The minimum Gasteiger partial charge on any atom is -0.508 e. The lowest BCUT2D eigenvalue weighted by Crippen LogP contribution is -2.14. The Kier molecular flexibility index (Phi) is 3.29. The molecule has 2 N–H and O–H groups in total. The molecule has 19 heavy (non-hydrogen) atoms. The molecule has 100 valence electrons. The molecule has 0 atom stereocenters. The zero-order valence-corrected chi connectivity index (χ0v) is 11.5. The van der Waals surface area contributed by atoms with Gasteiger partial charge in [-0.3, -0.25) is 9.48 Å². The third kappa shape index (κ3) is 2.45. The highest BCUT2D eigenvalue weighted by molar-refractivity contribution is 6.05. The fraction of sp³-hybridized carbons (Fsp3) is 0.286. The van der Waals surface area contributed by atoms with Crippen LogP contribution in [0.2, 0.25) is 0 Å². The van der Waals surface area contributed by atoms with Gasteiger partial charge >= 0.3 is 0 Å². The van der Waals surface area contributed by atoms with Gasteiger partial charge in [0.05, 0.1) is 11.3 Å². The first-order chi connectivity index (χ1) is 8.90. The van der Waals surface area contributed by atoms with Crippen molar-refractivity contribution < 1.29 is 9.90 Å². The Bertz CT molecular complexity index is 644. The van der Waals surface area contributed by atoms with Gasteiger partial charge < -0.3 is 10.4 Å². The van der Waals surface area contributed by atoms with E-state index in [0.29, 0.717) is 16.9 Å². The van der Waals surface area contributed by atoms with Crippen LogP contribution >= 0.6 is 0 Å². The first-order valence-electron chi connectivity index (χ1n) is 6.01. The number of phenols is 1. The molecular formula is C14H17N3O2. The SMILES string of the molecule is Cc1cc(NC(=O)c2c(C)nn(C)c2C)ccc1O. The van der Waals surface area contributed by atoms with Gasteiger partial charge in [-0.1, -0.05) is 0 Å². The zero-order chi connectivity index (χ0) is 14.2. The van der Waals surface area contributed by atoms with E-state index in [0.717, 1.165) is 11.3 Å². The number of rotatable bonds is 2. The number of nitrogens with one attached hydrogen (secondary N) is 1. The van der Waals surface area contributed by atoms with Gasteiger partial charge in [0.25, 0.3) is 5.91 Å². The molecule has 0 unspecified atom stereocenters. The third-order valence-corrected chi connectivity index (χ3v) is 3.19.